The SMILES string of the molecule is Cc1ccc2c(S(=O)(=O)O)cc(S(=O)(=O)O)cc2c1. The van der Waals surface area contributed by atoms with Crippen molar-refractivity contribution in [1.82, 2.24) is 0 Å². The summed E-state index contributed by atoms with van der Waals surface area (Å²) in [6.07, 6.45) is 0. The van der Waals surface area contributed by atoms with Crippen LogP contribution in [0.2, 0.25) is 0 Å². The van der Waals surface area contributed by atoms with Gasteiger partial charge in [0.15, 0.2) is 0 Å². The van der Waals surface area contributed by atoms with Crippen LogP contribution in [0.1, 0.15) is 5.56 Å². The highest BCUT2D eigenvalue weighted by molar-refractivity contribution is 7.86. The Kier molecular flexibility index (Phi) is 3.13. The zero-order chi connectivity index (χ0) is 14.4. The topological polar surface area (TPSA) is 109 Å². The van der Waals surface area contributed by atoms with Gasteiger partial charge in [-0.15, -0.1) is 0 Å². The molecule has 6 nitrogen and oxygen atoms in total. The Morgan fingerprint density at radius 1 is 0.895 bits per heavy atom. The lowest BCUT2D eigenvalue weighted by Crippen LogP contribution is -2.04. The quantitative estimate of drug-likeness (QED) is 0.816. The van der Waals surface area contributed by atoms with E-state index in [0.29, 0.717) is 5.39 Å². The molecular formula is C11H10O6S2. The van der Waals surface area contributed by atoms with E-state index in [1.807, 2.05) is 0 Å². The standard InChI is InChI=1S/C11H10O6S2/c1-7-2-3-10-8(4-7)5-9(18(12,13)14)6-11(10)19(15,16)17/h2-6H,1H3,(H,12,13,14)(H,15,16,17). The van der Waals surface area contributed by atoms with Crippen LogP contribution >= 0.6 is 0 Å². The van der Waals surface area contributed by atoms with Crippen molar-refractivity contribution in [3.63, 3.8) is 0 Å². The molecule has 0 aliphatic rings. The summed E-state index contributed by atoms with van der Waals surface area (Å²) in [6.45, 7) is 1.74. The fraction of sp³-hybridized carbons (Fsp3) is 0.0909. The predicted molar refractivity (Wildman–Crippen MR) is 68.3 cm³/mol. The van der Waals surface area contributed by atoms with E-state index in [4.69, 9.17) is 9.11 Å². The first kappa shape index (κ1) is 13.9. The zero-order valence-corrected chi connectivity index (χ0v) is 11.4. The minimum atomic E-state index is -4.60. The van der Waals surface area contributed by atoms with Gasteiger partial charge in [-0.25, -0.2) is 0 Å². The monoisotopic (exact) mass is 302 g/mol. The molecule has 0 heterocycles. The van der Waals surface area contributed by atoms with Crippen molar-refractivity contribution in [2.45, 2.75) is 16.7 Å². The Morgan fingerprint density at radius 3 is 2.05 bits per heavy atom. The Morgan fingerprint density at radius 2 is 1.53 bits per heavy atom. The van der Waals surface area contributed by atoms with E-state index >= 15 is 0 Å². The van der Waals surface area contributed by atoms with Crippen molar-refractivity contribution in [2.75, 3.05) is 0 Å². The Balaban J connectivity index is 3.01. The number of hydrogen-bond donors (Lipinski definition) is 2. The van der Waals surface area contributed by atoms with E-state index in [1.54, 1.807) is 19.1 Å². The highest BCUT2D eigenvalue weighted by Gasteiger charge is 2.20. The second-order valence-electron chi connectivity index (χ2n) is 4.10. The van der Waals surface area contributed by atoms with Gasteiger partial charge in [-0.1, -0.05) is 23.8 Å². The first-order chi connectivity index (χ1) is 8.59. The first-order valence-electron chi connectivity index (χ1n) is 5.08. The summed E-state index contributed by atoms with van der Waals surface area (Å²) in [5, 5.41) is 0.475. The second-order valence-corrected chi connectivity index (χ2v) is 6.91. The maximum Gasteiger partial charge on any atom is 0.295 e. The zero-order valence-electron chi connectivity index (χ0n) is 9.73. The van der Waals surface area contributed by atoms with Crippen molar-refractivity contribution in [1.29, 1.82) is 0 Å². The van der Waals surface area contributed by atoms with Crippen LogP contribution in [0.4, 0.5) is 0 Å². The first-order valence-corrected chi connectivity index (χ1v) is 7.96. The summed E-state index contributed by atoms with van der Waals surface area (Å²) < 4.78 is 63.0. The van der Waals surface area contributed by atoms with E-state index in [-0.39, 0.29) is 5.39 Å². The summed E-state index contributed by atoms with van der Waals surface area (Å²) in [4.78, 5) is -1.14. The van der Waals surface area contributed by atoms with Crippen LogP contribution in [-0.2, 0) is 20.2 Å². The third-order valence-electron chi connectivity index (χ3n) is 2.62. The molecule has 0 fully saturated rings. The fourth-order valence-corrected chi connectivity index (χ4v) is 3.15. The molecule has 0 aromatic heterocycles. The van der Waals surface area contributed by atoms with Gasteiger partial charge >= 0.3 is 0 Å². The van der Waals surface area contributed by atoms with Crippen molar-refractivity contribution >= 4 is 31.0 Å². The van der Waals surface area contributed by atoms with E-state index in [0.717, 1.165) is 17.7 Å². The average molecular weight is 302 g/mol. The molecule has 2 N–H and O–H groups in total. The largest absolute Gasteiger partial charge is 0.295 e. The maximum absolute atomic E-state index is 11.3. The molecule has 0 amide bonds. The van der Waals surface area contributed by atoms with Crippen LogP contribution in [-0.4, -0.2) is 25.9 Å². The van der Waals surface area contributed by atoms with E-state index in [1.165, 1.54) is 6.07 Å². The number of aryl methyl sites for hydroxylation is 1. The normalized spacial score (nSPS) is 12.8. The van der Waals surface area contributed by atoms with Gasteiger partial charge in [-0.3, -0.25) is 9.11 Å². The highest BCUT2D eigenvalue weighted by atomic mass is 32.2. The molecule has 0 saturated carbocycles. The van der Waals surface area contributed by atoms with Gasteiger partial charge in [0.25, 0.3) is 20.2 Å². The van der Waals surface area contributed by atoms with Crippen molar-refractivity contribution < 1.29 is 25.9 Å². The molecule has 8 heteroatoms. The Bertz CT molecular complexity index is 865. The van der Waals surface area contributed by atoms with Gasteiger partial charge in [-0.2, -0.15) is 16.8 Å². The highest BCUT2D eigenvalue weighted by Crippen LogP contribution is 2.27. The molecule has 2 aromatic carbocycles. The van der Waals surface area contributed by atoms with Crippen LogP contribution in [0, 0.1) is 6.92 Å². The maximum atomic E-state index is 11.3. The average Bonchev–Trinajstić information content (AvgIpc) is 2.24. The lowest BCUT2D eigenvalue weighted by atomic mass is 10.1. The van der Waals surface area contributed by atoms with Gasteiger partial charge in [0.2, 0.25) is 0 Å². The third-order valence-corrected chi connectivity index (χ3v) is 4.34. The smallest absolute Gasteiger partial charge is 0.282 e. The van der Waals surface area contributed by atoms with Crippen LogP contribution in [0.15, 0.2) is 40.1 Å². The van der Waals surface area contributed by atoms with E-state index < -0.39 is 30.0 Å². The molecule has 0 bridgehead atoms. The second kappa shape index (κ2) is 4.27. The summed E-state index contributed by atoms with van der Waals surface area (Å²) in [5.41, 5.74) is 0.779. The lowest BCUT2D eigenvalue weighted by Gasteiger charge is -2.07. The molecule has 19 heavy (non-hydrogen) atoms. The van der Waals surface area contributed by atoms with Gasteiger partial charge < -0.3 is 0 Å². The summed E-state index contributed by atoms with van der Waals surface area (Å²) >= 11 is 0. The van der Waals surface area contributed by atoms with Crippen molar-refractivity contribution in [2.24, 2.45) is 0 Å². The number of hydrogen-bond acceptors (Lipinski definition) is 4. The van der Waals surface area contributed by atoms with Crippen LogP contribution in [0.25, 0.3) is 10.8 Å². The molecule has 0 spiro atoms. The molecule has 102 valence electrons. The molecule has 2 aromatic rings. The molecule has 0 radical (unpaired) electrons. The summed E-state index contributed by atoms with van der Waals surface area (Å²) in [7, 11) is -9.17. The van der Waals surface area contributed by atoms with Crippen LogP contribution in [0.5, 0.6) is 0 Å². The molecule has 0 saturated heterocycles. The number of benzene rings is 2. The number of rotatable bonds is 2. The Labute approximate surface area is 110 Å². The predicted octanol–water partition coefficient (Wildman–Crippen LogP) is 1.64. The van der Waals surface area contributed by atoms with Gasteiger partial charge in [0, 0.05) is 5.39 Å². The van der Waals surface area contributed by atoms with Crippen LogP contribution < -0.4 is 0 Å². The molecular weight excluding hydrogens is 292 g/mol. The van der Waals surface area contributed by atoms with E-state index in [2.05, 4.69) is 0 Å². The fourth-order valence-electron chi connectivity index (χ4n) is 1.79. The summed E-state index contributed by atoms with van der Waals surface area (Å²) in [6, 6.07) is 6.51. The van der Waals surface area contributed by atoms with Gasteiger partial charge in [0.1, 0.15) is 4.90 Å². The third kappa shape index (κ3) is 2.76. The summed E-state index contributed by atoms with van der Waals surface area (Å²) in [5.74, 6) is 0. The van der Waals surface area contributed by atoms with Crippen molar-refractivity contribution in [3.8, 4) is 0 Å². The Hall–Kier alpha value is -1.48. The van der Waals surface area contributed by atoms with Crippen LogP contribution in [0.3, 0.4) is 0 Å². The molecule has 0 unspecified atom stereocenters. The van der Waals surface area contributed by atoms with Crippen molar-refractivity contribution in [3.05, 3.63) is 35.9 Å². The lowest BCUT2D eigenvalue weighted by molar-refractivity contribution is 0.482. The minimum absolute atomic E-state index is 0.181. The van der Waals surface area contributed by atoms with E-state index in [9.17, 15) is 16.8 Å². The minimum Gasteiger partial charge on any atom is -0.282 e. The molecule has 0 aliphatic carbocycles. The molecule has 0 atom stereocenters. The van der Waals surface area contributed by atoms with Gasteiger partial charge in [-0.05, 0) is 24.4 Å². The number of fused-ring (bicyclic) bond motifs is 1. The molecule has 0 aliphatic heterocycles. The van der Waals surface area contributed by atoms with Gasteiger partial charge in [0.05, 0.1) is 4.90 Å². The molecule has 2 rings (SSSR count).